The molecule has 0 aliphatic carbocycles. The molecule has 0 radical (unpaired) electrons. The van der Waals surface area contributed by atoms with Crippen LogP contribution in [-0.2, 0) is 0 Å². The van der Waals surface area contributed by atoms with Crippen molar-refractivity contribution in [3.05, 3.63) is 51.2 Å². The summed E-state index contributed by atoms with van der Waals surface area (Å²) >= 11 is 9.63. The van der Waals surface area contributed by atoms with Crippen molar-refractivity contribution in [2.45, 2.75) is 10.9 Å². The van der Waals surface area contributed by atoms with Crippen LogP contribution in [0.3, 0.4) is 0 Å². The number of rotatable bonds is 4. The molecule has 0 aliphatic heterocycles. The minimum Gasteiger partial charge on any atom is -0.309 e. The van der Waals surface area contributed by atoms with Crippen LogP contribution in [0.2, 0.25) is 5.02 Å². The predicted octanol–water partition coefficient (Wildman–Crippen LogP) is 4.43. The third-order valence-corrected chi connectivity index (χ3v) is 4.81. The molecule has 1 aromatic heterocycles. The number of thiophene rings is 1. The Morgan fingerprint density at radius 1 is 1.24 bits per heavy atom. The largest absolute Gasteiger partial charge is 0.309 e. The average molecular weight is 284 g/mol. The molecule has 0 bridgehead atoms. The van der Waals surface area contributed by atoms with E-state index in [4.69, 9.17) is 11.6 Å². The van der Waals surface area contributed by atoms with Gasteiger partial charge in [0.15, 0.2) is 0 Å². The van der Waals surface area contributed by atoms with Gasteiger partial charge in [-0.25, -0.2) is 0 Å². The number of hydrogen-bond acceptors (Lipinski definition) is 3. The first-order valence-electron chi connectivity index (χ1n) is 5.30. The van der Waals surface area contributed by atoms with Crippen molar-refractivity contribution in [1.82, 2.24) is 5.32 Å². The van der Waals surface area contributed by atoms with E-state index in [0.717, 1.165) is 5.02 Å². The molecule has 0 saturated carbocycles. The van der Waals surface area contributed by atoms with Crippen LogP contribution in [0.15, 0.2) is 40.6 Å². The van der Waals surface area contributed by atoms with Gasteiger partial charge in [-0.3, -0.25) is 0 Å². The smallest absolute Gasteiger partial charge is 0.0683 e. The van der Waals surface area contributed by atoms with E-state index in [1.807, 2.05) is 18.5 Å². The molecule has 0 amide bonds. The van der Waals surface area contributed by atoms with Crippen LogP contribution in [0.25, 0.3) is 0 Å². The maximum absolute atomic E-state index is 6.19. The second-order valence-electron chi connectivity index (χ2n) is 3.63. The summed E-state index contributed by atoms with van der Waals surface area (Å²) in [7, 11) is 1.96. The fourth-order valence-electron chi connectivity index (χ4n) is 1.76. The lowest BCUT2D eigenvalue weighted by Crippen LogP contribution is -2.16. The van der Waals surface area contributed by atoms with Crippen LogP contribution in [0.1, 0.15) is 16.5 Å². The molecule has 1 N–H and O–H groups in total. The number of nitrogens with one attached hydrogen (secondary N) is 1. The summed E-state index contributed by atoms with van der Waals surface area (Å²) in [5, 5.41) is 6.18. The molecule has 1 aromatic carbocycles. The third-order valence-electron chi connectivity index (χ3n) is 2.64. The van der Waals surface area contributed by atoms with Gasteiger partial charge in [-0.2, -0.15) is 0 Å². The molecule has 1 nitrogen and oxygen atoms in total. The Labute approximate surface area is 115 Å². The van der Waals surface area contributed by atoms with Crippen LogP contribution in [0.4, 0.5) is 0 Å². The molecule has 2 rings (SSSR count). The fraction of sp³-hybridized carbons (Fsp3) is 0.231. The average Bonchev–Trinajstić information content (AvgIpc) is 2.78. The maximum Gasteiger partial charge on any atom is 0.0683 e. The van der Waals surface area contributed by atoms with Crippen LogP contribution in [0, 0.1) is 0 Å². The van der Waals surface area contributed by atoms with Crippen molar-refractivity contribution in [2.24, 2.45) is 0 Å². The van der Waals surface area contributed by atoms with E-state index in [-0.39, 0.29) is 6.04 Å². The van der Waals surface area contributed by atoms with Crippen LogP contribution in [-0.4, -0.2) is 13.3 Å². The van der Waals surface area contributed by atoms with E-state index in [9.17, 15) is 0 Å². The molecule has 0 saturated heterocycles. The van der Waals surface area contributed by atoms with Gasteiger partial charge in [0.05, 0.1) is 11.1 Å². The SMILES string of the molecule is CNC(c1ccc(SC)cc1)c1sccc1Cl. The Hall–Kier alpha value is -0.480. The predicted molar refractivity (Wildman–Crippen MR) is 78.5 cm³/mol. The molecule has 90 valence electrons. The quantitative estimate of drug-likeness (QED) is 0.833. The molecule has 2 aromatic rings. The van der Waals surface area contributed by atoms with Crippen molar-refractivity contribution < 1.29 is 0 Å². The highest BCUT2D eigenvalue weighted by molar-refractivity contribution is 7.98. The van der Waals surface area contributed by atoms with Gasteiger partial charge in [-0.15, -0.1) is 23.1 Å². The molecule has 0 spiro atoms. The van der Waals surface area contributed by atoms with Gasteiger partial charge in [0.1, 0.15) is 0 Å². The Kier molecular flexibility index (Phi) is 4.51. The second kappa shape index (κ2) is 5.91. The molecule has 4 heteroatoms. The van der Waals surface area contributed by atoms with Crippen molar-refractivity contribution in [2.75, 3.05) is 13.3 Å². The Morgan fingerprint density at radius 3 is 2.41 bits per heavy atom. The molecule has 17 heavy (non-hydrogen) atoms. The van der Waals surface area contributed by atoms with Crippen LogP contribution in [0.5, 0.6) is 0 Å². The monoisotopic (exact) mass is 283 g/mol. The maximum atomic E-state index is 6.19. The molecule has 1 atom stereocenters. The first-order valence-corrected chi connectivity index (χ1v) is 7.78. The van der Waals surface area contributed by atoms with Crippen molar-refractivity contribution >= 4 is 34.7 Å². The number of benzene rings is 1. The van der Waals surface area contributed by atoms with Crippen LogP contribution < -0.4 is 5.32 Å². The lowest BCUT2D eigenvalue weighted by Gasteiger charge is -2.16. The number of halogens is 1. The summed E-state index contributed by atoms with van der Waals surface area (Å²) in [5.74, 6) is 0. The Morgan fingerprint density at radius 2 is 1.94 bits per heavy atom. The number of hydrogen-bond donors (Lipinski definition) is 1. The molecule has 1 heterocycles. The lowest BCUT2D eigenvalue weighted by atomic mass is 10.1. The van der Waals surface area contributed by atoms with Gasteiger partial charge in [0.2, 0.25) is 0 Å². The first kappa shape index (κ1) is 13.0. The highest BCUT2D eigenvalue weighted by Gasteiger charge is 2.16. The summed E-state index contributed by atoms with van der Waals surface area (Å²) in [5.41, 5.74) is 1.25. The number of thioether (sulfide) groups is 1. The zero-order valence-electron chi connectivity index (χ0n) is 9.74. The standard InChI is InChI=1S/C13H14ClNS2/c1-15-12(13-11(14)7-8-17-13)9-3-5-10(16-2)6-4-9/h3-8,12,15H,1-2H3. The van der Waals surface area contributed by atoms with Crippen LogP contribution >= 0.6 is 34.7 Å². The highest BCUT2D eigenvalue weighted by Crippen LogP contribution is 2.33. The third kappa shape index (κ3) is 2.86. The minimum absolute atomic E-state index is 0.179. The van der Waals surface area contributed by atoms with Gasteiger partial charge >= 0.3 is 0 Å². The Bertz CT molecular complexity index is 478. The Balaban J connectivity index is 2.32. The molecular weight excluding hydrogens is 270 g/mol. The van der Waals surface area contributed by atoms with Gasteiger partial charge in [0, 0.05) is 9.77 Å². The second-order valence-corrected chi connectivity index (χ2v) is 5.86. The van der Waals surface area contributed by atoms with E-state index in [0.29, 0.717) is 0 Å². The van der Waals surface area contributed by atoms with Gasteiger partial charge in [-0.05, 0) is 42.4 Å². The van der Waals surface area contributed by atoms with Gasteiger partial charge < -0.3 is 5.32 Å². The van der Waals surface area contributed by atoms with Crippen molar-refractivity contribution in [3.63, 3.8) is 0 Å². The van der Waals surface area contributed by atoms with Gasteiger partial charge in [0.25, 0.3) is 0 Å². The van der Waals surface area contributed by atoms with Gasteiger partial charge in [-0.1, -0.05) is 23.7 Å². The summed E-state index contributed by atoms with van der Waals surface area (Å²) in [4.78, 5) is 2.45. The molecule has 1 unspecified atom stereocenters. The molecule has 0 aliphatic rings. The summed E-state index contributed by atoms with van der Waals surface area (Å²) < 4.78 is 0. The zero-order chi connectivity index (χ0) is 12.3. The topological polar surface area (TPSA) is 12.0 Å². The van der Waals surface area contributed by atoms with Crippen molar-refractivity contribution in [1.29, 1.82) is 0 Å². The fourth-order valence-corrected chi connectivity index (χ4v) is 3.47. The first-order chi connectivity index (χ1) is 8.26. The molecule has 0 fully saturated rings. The van der Waals surface area contributed by atoms with E-state index >= 15 is 0 Å². The van der Waals surface area contributed by atoms with E-state index < -0.39 is 0 Å². The highest BCUT2D eigenvalue weighted by atomic mass is 35.5. The van der Waals surface area contributed by atoms with Crippen molar-refractivity contribution in [3.8, 4) is 0 Å². The minimum atomic E-state index is 0.179. The summed E-state index contributed by atoms with van der Waals surface area (Å²) in [6.45, 7) is 0. The van der Waals surface area contributed by atoms with E-state index in [1.165, 1.54) is 15.3 Å². The summed E-state index contributed by atoms with van der Waals surface area (Å²) in [6, 6.07) is 10.7. The zero-order valence-corrected chi connectivity index (χ0v) is 12.1. The normalized spacial score (nSPS) is 12.6. The molecular formula is C13H14ClNS2. The summed E-state index contributed by atoms with van der Waals surface area (Å²) in [6.07, 6.45) is 2.08. The van der Waals surface area contributed by atoms with E-state index in [2.05, 4.69) is 35.8 Å². The lowest BCUT2D eigenvalue weighted by molar-refractivity contribution is 0.703. The van der Waals surface area contributed by atoms with E-state index in [1.54, 1.807) is 23.1 Å².